The van der Waals surface area contributed by atoms with Crippen molar-refractivity contribution in [2.45, 2.75) is 90.3 Å². The van der Waals surface area contributed by atoms with Crippen LogP contribution < -0.4 is 94.1 Å². The van der Waals surface area contributed by atoms with Crippen LogP contribution in [0.3, 0.4) is 0 Å². The molecule has 26 N–H and O–H groups in total. The highest BCUT2D eigenvalue weighted by molar-refractivity contribution is 5.82. The number of nitrogens with zero attached hydrogens (tertiary/aromatic N) is 6. The summed E-state index contributed by atoms with van der Waals surface area (Å²) in [4.78, 5) is 128. The highest BCUT2D eigenvalue weighted by Crippen LogP contribution is 2.22. The van der Waals surface area contributed by atoms with Gasteiger partial charge in [0.05, 0.1) is 0 Å². The predicted octanol–water partition coefficient (Wildman–Crippen LogP) is -1.07. The maximum Gasteiger partial charge on any atom is 0.221 e. The normalized spacial score (nSPS) is 11.6. The molecule has 0 saturated heterocycles. The zero-order valence-corrected chi connectivity index (χ0v) is 69.2. The van der Waals surface area contributed by atoms with Gasteiger partial charge in [0.1, 0.15) is 5.78 Å². The number of carbonyl (C=O) groups is 9. The van der Waals surface area contributed by atoms with E-state index in [2.05, 4.69) is 199 Å². The summed E-state index contributed by atoms with van der Waals surface area (Å²) in [5.74, 6) is -0.802. The lowest BCUT2D eigenvalue weighted by atomic mass is 10.0. The van der Waals surface area contributed by atoms with Gasteiger partial charge in [-0.2, -0.15) is 0 Å². The Kier molecular flexibility index (Phi) is 54.1. The molecule has 0 aliphatic carbocycles. The molecule has 117 heavy (non-hydrogen) atoms. The molecule has 4 aromatic carbocycles. The van der Waals surface area contributed by atoms with Crippen LogP contribution in [-0.2, 0) is 62.8 Å². The Morgan fingerprint density at radius 3 is 0.615 bits per heavy atom. The number of nitrogens with one attached hydrogen (secondary N) is 8. The van der Waals surface area contributed by atoms with Crippen molar-refractivity contribution in [1.82, 2.24) is 71.9 Å². The van der Waals surface area contributed by atoms with Crippen molar-refractivity contribution in [3.05, 3.63) is 141 Å². The van der Waals surface area contributed by atoms with Crippen molar-refractivity contribution in [1.29, 1.82) is 0 Å². The first-order chi connectivity index (χ1) is 56.8. The Balaban J connectivity index is 1.70. The van der Waals surface area contributed by atoms with Crippen molar-refractivity contribution < 1.29 is 43.2 Å². The minimum Gasteiger partial charge on any atom is -0.355 e. The van der Waals surface area contributed by atoms with Gasteiger partial charge in [0.25, 0.3) is 0 Å². The first-order valence-corrected chi connectivity index (χ1v) is 41.6. The number of rotatable bonds is 67. The van der Waals surface area contributed by atoms with E-state index in [4.69, 9.17) is 51.6 Å². The number of benzene rings is 4. The van der Waals surface area contributed by atoms with Gasteiger partial charge in [-0.25, -0.2) is 0 Å². The summed E-state index contributed by atoms with van der Waals surface area (Å²) in [6.45, 7) is 15.0. The van der Waals surface area contributed by atoms with Crippen molar-refractivity contribution in [2.24, 2.45) is 51.6 Å². The third-order valence-corrected chi connectivity index (χ3v) is 19.1. The molecule has 4 rings (SSSR count). The van der Waals surface area contributed by atoms with Gasteiger partial charge in [-0.1, -0.05) is 109 Å². The Labute approximate surface area is 693 Å². The molecule has 32 nitrogen and oxygen atoms in total. The maximum atomic E-state index is 13.0. The molecule has 0 saturated carbocycles. The van der Waals surface area contributed by atoms with E-state index in [-0.39, 0.29) is 104 Å². The van der Waals surface area contributed by atoms with E-state index >= 15 is 0 Å². The van der Waals surface area contributed by atoms with E-state index in [1.165, 1.54) is 0 Å². The third-order valence-electron chi connectivity index (χ3n) is 19.1. The maximum absolute atomic E-state index is 13.0. The van der Waals surface area contributed by atoms with E-state index in [0.29, 0.717) is 248 Å². The van der Waals surface area contributed by atoms with Crippen LogP contribution in [0, 0.1) is 0 Å². The van der Waals surface area contributed by atoms with E-state index in [9.17, 15) is 43.2 Å². The van der Waals surface area contributed by atoms with E-state index in [1.807, 2.05) is 0 Å². The van der Waals surface area contributed by atoms with Crippen LogP contribution in [0.25, 0.3) is 36.5 Å². The minimum atomic E-state index is -0.125. The number of nitrogens with two attached hydrogens (primary N) is 9. The van der Waals surface area contributed by atoms with E-state index in [1.54, 1.807) is 0 Å². The van der Waals surface area contributed by atoms with Crippen molar-refractivity contribution in [2.75, 3.05) is 209 Å². The summed E-state index contributed by atoms with van der Waals surface area (Å²) in [7, 11) is 0. The summed E-state index contributed by atoms with van der Waals surface area (Å²) in [5, 5.41) is 22.7. The second-order valence-corrected chi connectivity index (χ2v) is 28.8. The number of hydrogen-bond donors (Lipinski definition) is 17. The largest absolute Gasteiger partial charge is 0.355 e. The molecule has 0 bridgehead atoms. The topological polar surface area (TPSA) is 503 Å². The molecule has 0 aromatic heterocycles. The second kappa shape index (κ2) is 63.1. The van der Waals surface area contributed by atoms with Gasteiger partial charge in [0.15, 0.2) is 0 Å². The molecule has 0 spiro atoms. The van der Waals surface area contributed by atoms with Gasteiger partial charge in [-0.05, 0) is 81.2 Å². The van der Waals surface area contributed by atoms with Gasteiger partial charge in [0.2, 0.25) is 47.3 Å². The first kappa shape index (κ1) is 100. The average Bonchev–Trinajstić information content (AvgIpc) is 0.866. The molecule has 4 aromatic rings. The molecule has 0 radical (unpaired) electrons. The van der Waals surface area contributed by atoms with Crippen molar-refractivity contribution >= 4 is 89.5 Å². The van der Waals surface area contributed by atoms with Gasteiger partial charge < -0.3 is 109 Å². The quantitative estimate of drug-likeness (QED) is 0.0234. The number of carbonyl (C=O) groups excluding carboxylic acids is 9. The van der Waals surface area contributed by atoms with Crippen LogP contribution >= 0.6 is 0 Å². The Morgan fingerprint density at radius 2 is 0.410 bits per heavy atom. The van der Waals surface area contributed by atoms with E-state index < -0.39 is 0 Å². The van der Waals surface area contributed by atoms with Crippen LogP contribution in [0.4, 0.5) is 0 Å². The molecule has 0 aliphatic rings. The number of Topliss-reactive ketones (excluding diaryl/α,β-unsaturated/α-hetero) is 1. The fourth-order valence-electron chi connectivity index (χ4n) is 12.4. The third kappa shape index (κ3) is 48.4. The number of hydrogen-bond acceptors (Lipinski definition) is 24. The Bertz CT molecular complexity index is 3140. The number of ketones is 1. The van der Waals surface area contributed by atoms with E-state index in [0.717, 1.165) is 50.1 Å². The minimum absolute atomic E-state index is 0.106. The summed E-state index contributed by atoms with van der Waals surface area (Å²) in [6.07, 6.45) is 15.8. The van der Waals surface area contributed by atoms with Gasteiger partial charge in [0, 0.05) is 287 Å². The lowest BCUT2D eigenvalue weighted by molar-refractivity contribution is -0.123. The molecule has 0 unspecified atom stereocenters. The van der Waals surface area contributed by atoms with Crippen molar-refractivity contribution in [3.8, 4) is 0 Å². The van der Waals surface area contributed by atoms with Gasteiger partial charge >= 0.3 is 0 Å². The van der Waals surface area contributed by atoms with Gasteiger partial charge in [-0.15, -0.1) is 0 Å². The van der Waals surface area contributed by atoms with Crippen LogP contribution in [0.2, 0.25) is 0 Å². The molecule has 0 heterocycles. The second-order valence-electron chi connectivity index (χ2n) is 28.8. The monoisotopic (exact) mass is 1630 g/mol. The van der Waals surface area contributed by atoms with Crippen molar-refractivity contribution in [3.63, 3.8) is 0 Å². The molecule has 0 fully saturated rings. The van der Waals surface area contributed by atoms with Crippen LogP contribution in [0.15, 0.2) is 91.0 Å². The summed E-state index contributed by atoms with van der Waals surface area (Å²) in [5.41, 5.74) is 59.9. The Morgan fingerprint density at radius 1 is 0.222 bits per heavy atom. The predicted molar refractivity (Wildman–Crippen MR) is 469 cm³/mol. The molecule has 0 atom stereocenters. The fourth-order valence-corrected chi connectivity index (χ4v) is 12.4. The SMILES string of the molecule is NCCCC(=O)CCN(CCN(CCC(=O)NCCN)CCC(=O)NCCN)Cc1ccc(/C=C/c2cc(/C=C/c3ccc(CN(CCC(=O)NCCN)CCN(CCC(=O)NCCN)CCC(=O)NCCN)cc3)cc(/C=C/c3ccc(CN(CCC(=O)NCCN)CCN(CCC(=O)NCCN)CCC(=O)NCCN)cc3)c2)cc1. The molecular formula is C85H139N23O9. The summed E-state index contributed by atoms with van der Waals surface area (Å²) < 4.78 is 0. The van der Waals surface area contributed by atoms with Gasteiger partial charge in [-0.3, -0.25) is 57.9 Å². The molecular weight excluding hydrogens is 1490 g/mol. The molecule has 8 amide bonds. The summed E-state index contributed by atoms with van der Waals surface area (Å²) >= 11 is 0. The zero-order chi connectivity index (χ0) is 84.9. The van der Waals surface area contributed by atoms with Crippen LogP contribution in [0.5, 0.6) is 0 Å². The molecule has 32 heteroatoms. The highest BCUT2D eigenvalue weighted by atomic mass is 16.2. The molecule has 648 valence electrons. The standard InChI is InChI=1S/C85H139N23O9/c86-30-1-2-77(109)21-47-106(59-56-103(48-22-78(110)95-39-31-87)49-23-79(111)96-40-32-88)65-71-12-3-68(4-13-71)9-18-74-62-75(19-10-69-5-14-72(15-6-69)66-107(54-28-84(116)101-45-37-93)60-57-104(50-24-80(112)97-41-33-89)51-25-81(113)98-42-34-90)64-76(63-74)20-11-70-7-16-73(17-8-70)67-108(55-29-85(117)102-46-38-94)61-58-105(52-26-82(114)99-43-35-91)53-27-83(115)100-44-36-92/h3-20,62-64H,1-2,21-61,65-67,86-94H2,(H,95,110)(H,96,111)(H,97,112)(H,98,113)(H,99,114)(H,100,115)(H,101,116)(H,102,117)/b18-9+,19-10+,20-11+. The highest BCUT2D eigenvalue weighted by Gasteiger charge is 2.20. The Hall–Kier alpha value is -9.07. The smallest absolute Gasteiger partial charge is 0.221 e. The average molecular weight is 1630 g/mol. The molecule has 0 aliphatic heterocycles. The first-order valence-electron chi connectivity index (χ1n) is 41.6. The lowest BCUT2D eigenvalue weighted by Crippen LogP contribution is -2.40. The lowest BCUT2D eigenvalue weighted by Gasteiger charge is -2.28. The summed E-state index contributed by atoms with van der Waals surface area (Å²) in [6, 6.07) is 31.3. The number of amides is 8. The van der Waals surface area contributed by atoms with Crippen LogP contribution in [0.1, 0.15) is 121 Å². The fraction of sp³-hybridized carbons (Fsp3) is 0.541. The zero-order valence-electron chi connectivity index (χ0n) is 69.2. The van der Waals surface area contributed by atoms with Crippen LogP contribution in [-0.4, -0.2) is 292 Å².